The van der Waals surface area contributed by atoms with Crippen molar-refractivity contribution < 1.29 is 23.4 Å². The van der Waals surface area contributed by atoms with Crippen molar-refractivity contribution in [3.8, 4) is 5.75 Å². The zero-order valence-corrected chi connectivity index (χ0v) is 18.7. The van der Waals surface area contributed by atoms with E-state index in [-0.39, 0.29) is 18.9 Å². The number of aliphatic hydroxyl groups is 1. The van der Waals surface area contributed by atoms with Crippen molar-refractivity contribution in [3.05, 3.63) is 64.7 Å². The van der Waals surface area contributed by atoms with Crippen molar-refractivity contribution in [1.29, 1.82) is 0 Å². The van der Waals surface area contributed by atoms with E-state index in [0.29, 0.717) is 35.4 Å². The standard InChI is InChI=1S/C25H31F2N3O3/c1-28-24(32)19-13-17(23(31)30-11-9-25(27)8-5-10-29-15-25)12-18-21(16-6-3-2-4-7-16)20(14-26)33-22(18)19/h2-4,6-7,12-13,20-21,24,28-29,32H,5,8-11,14-15H2,1H3,(H,30,31)/t20-,21+,24?,25-/m1/s1. The van der Waals surface area contributed by atoms with Crippen molar-refractivity contribution in [2.45, 2.75) is 43.2 Å². The Morgan fingerprint density at radius 2 is 2.12 bits per heavy atom. The second-order valence-electron chi connectivity index (χ2n) is 8.81. The molecule has 6 nitrogen and oxygen atoms in total. The molecule has 178 valence electrons. The first-order chi connectivity index (χ1) is 16.0. The predicted molar refractivity (Wildman–Crippen MR) is 122 cm³/mol. The molecule has 1 saturated heterocycles. The first-order valence-corrected chi connectivity index (χ1v) is 11.4. The van der Waals surface area contributed by atoms with Gasteiger partial charge in [-0.3, -0.25) is 10.1 Å². The van der Waals surface area contributed by atoms with E-state index in [1.165, 1.54) is 0 Å². The van der Waals surface area contributed by atoms with Gasteiger partial charge < -0.3 is 20.5 Å². The van der Waals surface area contributed by atoms with Crippen LogP contribution in [-0.4, -0.2) is 56.1 Å². The van der Waals surface area contributed by atoms with Crippen LogP contribution >= 0.6 is 0 Å². The number of nitrogens with one attached hydrogen (secondary N) is 3. The molecule has 1 unspecified atom stereocenters. The first kappa shape index (κ1) is 23.6. The number of hydrogen-bond donors (Lipinski definition) is 4. The minimum Gasteiger partial charge on any atom is -0.486 e. The Hall–Kier alpha value is -2.55. The second-order valence-corrected chi connectivity index (χ2v) is 8.81. The molecule has 0 radical (unpaired) electrons. The molecule has 2 aliphatic rings. The molecule has 4 N–H and O–H groups in total. The third kappa shape index (κ3) is 5.03. The summed E-state index contributed by atoms with van der Waals surface area (Å²) in [6.07, 6.45) is -0.370. The van der Waals surface area contributed by atoms with Crippen LogP contribution in [0.3, 0.4) is 0 Å². The number of ether oxygens (including phenoxy) is 1. The maximum atomic E-state index is 14.8. The van der Waals surface area contributed by atoms with Gasteiger partial charge in [0.2, 0.25) is 0 Å². The number of alkyl halides is 2. The fraction of sp³-hybridized carbons (Fsp3) is 0.480. The smallest absolute Gasteiger partial charge is 0.251 e. The maximum absolute atomic E-state index is 14.8. The molecule has 2 aliphatic heterocycles. The fourth-order valence-corrected chi connectivity index (χ4v) is 4.77. The molecule has 0 aliphatic carbocycles. The number of halogens is 2. The zero-order chi connectivity index (χ0) is 23.4. The number of piperidine rings is 1. The van der Waals surface area contributed by atoms with E-state index in [4.69, 9.17) is 4.74 Å². The fourth-order valence-electron chi connectivity index (χ4n) is 4.77. The van der Waals surface area contributed by atoms with Crippen molar-refractivity contribution >= 4 is 5.91 Å². The minimum atomic E-state index is -1.32. The van der Waals surface area contributed by atoms with Gasteiger partial charge in [0.05, 0.1) is 5.92 Å². The summed E-state index contributed by atoms with van der Waals surface area (Å²) in [7, 11) is 1.58. The van der Waals surface area contributed by atoms with Crippen LogP contribution in [0.15, 0.2) is 42.5 Å². The summed E-state index contributed by atoms with van der Waals surface area (Å²) in [5, 5.41) is 19.1. The summed E-state index contributed by atoms with van der Waals surface area (Å²) in [5.74, 6) is -0.393. The summed E-state index contributed by atoms with van der Waals surface area (Å²) in [4.78, 5) is 13.0. The average molecular weight is 460 g/mol. The topological polar surface area (TPSA) is 82.6 Å². The zero-order valence-electron chi connectivity index (χ0n) is 18.7. The molecule has 8 heteroatoms. The lowest BCUT2D eigenvalue weighted by Crippen LogP contribution is -2.44. The van der Waals surface area contributed by atoms with Gasteiger partial charge in [0.1, 0.15) is 30.4 Å². The number of carbonyl (C=O) groups excluding carboxylic acids is 1. The Kier molecular flexibility index (Phi) is 7.26. The Bertz CT molecular complexity index is 967. The number of benzene rings is 2. The maximum Gasteiger partial charge on any atom is 0.251 e. The van der Waals surface area contributed by atoms with Crippen LogP contribution < -0.4 is 20.7 Å². The van der Waals surface area contributed by atoms with E-state index in [1.807, 2.05) is 30.3 Å². The molecule has 0 spiro atoms. The van der Waals surface area contributed by atoms with Crippen LogP contribution in [-0.2, 0) is 0 Å². The Morgan fingerprint density at radius 3 is 2.79 bits per heavy atom. The van der Waals surface area contributed by atoms with Crippen molar-refractivity contribution in [3.63, 3.8) is 0 Å². The summed E-state index contributed by atoms with van der Waals surface area (Å²) in [5.41, 5.74) is 0.884. The summed E-state index contributed by atoms with van der Waals surface area (Å²) >= 11 is 0. The molecule has 4 atom stereocenters. The van der Waals surface area contributed by atoms with Gasteiger partial charge in [-0.05, 0) is 44.1 Å². The van der Waals surface area contributed by atoms with Crippen molar-refractivity contribution in [1.82, 2.24) is 16.0 Å². The normalized spacial score (nSPS) is 25.2. The van der Waals surface area contributed by atoms with Crippen LogP contribution in [0.4, 0.5) is 8.78 Å². The molecule has 1 fully saturated rings. The predicted octanol–water partition coefficient (Wildman–Crippen LogP) is 2.97. The van der Waals surface area contributed by atoms with Gasteiger partial charge in [-0.15, -0.1) is 0 Å². The van der Waals surface area contributed by atoms with Gasteiger partial charge >= 0.3 is 0 Å². The molecule has 1 amide bonds. The lowest BCUT2D eigenvalue weighted by atomic mass is 9.86. The van der Waals surface area contributed by atoms with Gasteiger partial charge in [-0.1, -0.05) is 30.3 Å². The summed E-state index contributed by atoms with van der Waals surface area (Å²) in [6.45, 7) is 0.594. The van der Waals surface area contributed by atoms with Crippen LogP contribution in [0, 0.1) is 0 Å². The van der Waals surface area contributed by atoms with Crippen LogP contribution in [0.25, 0.3) is 0 Å². The third-order valence-electron chi connectivity index (χ3n) is 6.54. The van der Waals surface area contributed by atoms with Crippen LogP contribution in [0.5, 0.6) is 5.75 Å². The summed E-state index contributed by atoms with van der Waals surface area (Å²) < 4.78 is 34.7. The third-order valence-corrected chi connectivity index (χ3v) is 6.54. The first-order valence-electron chi connectivity index (χ1n) is 11.4. The SMILES string of the molecule is CNC(O)c1cc(C(=O)NCC[C@]2(F)CCCNC2)cc2c1O[C@H](CF)[C@H]2c1ccccc1. The highest BCUT2D eigenvalue weighted by Gasteiger charge is 2.39. The van der Waals surface area contributed by atoms with Crippen LogP contribution in [0.1, 0.15) is 58.5 Å². The van der Waals surface area contributed by atoms with Crippen molar-refractivity contribution in [2.24, 2.45) is 0 Å². The van der Waals surface area contributed by atoms with Gasteiger partial charge in [-0.2, -0.15) is 0 Å². The molecule has 2 aromatic carbocycles. The minimum absolute atomic E-state index is 0.198. The largest absolute Gasteiger partial charge is 0.486 e. The van der Waals surface area contributed by atoms with Gasteiger partial charge in [0.25, 0.3) is 5.91 Å². The van der Waals surface area contributed by atoms with Crippen LogP contribution in [0.2, 0.25) is 0 Å². The highest BCUT2D eigenvalue weighted by atomic mass is 19.1. The Labute approximate surface area is 192 Å². The molecule has 33 heavy (non-hydrogen) atoms. The molecule has 2 heterocycles. The quantitative estimate of drug-likeness (QED) is 0.457. The molecule has 0 bridgehead atoms. The molecule has 0 saturated carbocycles. The molecule has 4 rings (SSSR count). The Balaban J connectivity index is 1.61. The molecule has 0 aromatic heterocycles. The van der Waals surface area contributed by atoms with Gasteiger partial charge in [-0.25, -0.2) is 8.78 Å². The Morgan fingerprint density at radius 1 is 1.33 bits per heavy atom. The molecular weight excluding hydrogens is 428 g/mol. The molecular formula is C25H31F2N3O3. The van der Waals surface area contributed by atoms with E-state index in [9.17, 15) is 18.7 Å². The number of rotatable bonds is 8. The average Bonchev–Trinajstić information content (AvgIpc) is 3.22. The monoisotopic (exact) mass is 459 g/mol. The van der Waals surface area contributed by atoms with E-state index in [0.717, 1.165) is 18.5 Å². The molecule has 2 aromatic rings. The van der Waals surface area contributed by atoms with E-state index in [2.05, 4.69) is 16.0 Å². The van der Waals surface area contributed by atoms with Crippen molar-refractivity contribution in [2.75, 3.05) is 33.4 Å². The number of carbonyl (C=O) groups is 1. The number of hydrogen-bond acceptors (Lipinski definition) is 5. The van der Waals surface area contributed by atoms with E-state index >= 15 is 0 Å². The lowest BCUT2D eigenvalue weighted by Gasteiger charge is -2.30. The highest BCUT2D eigenvalue weighted by Crippen LogP contribution is 2.46. The lowest BCUT2D eigenvalue weighted by molar-refractivity contribution is 0.0907. The second kappa shape index (κ2) is 10.2. The number of fused-ring (bicyclic) bond motifs is 1. The highest BCUT2D eigenvalue weighted by molar-refractivity contribution is 5.95. The summed E-state index contributed by atoms with van der Waals surface area (Å²) in [6, 6.07) is 12.6. The van der Waals surface area contributed by atoms with E-state index in [1.54, 1.807) is 19.2 Å². The van der Waals surface area contributed by atoms with Gasteiger partial charge in [0.15, 0.2) is 0 Å². The van der Waals surface area contributed by atoms with Gasteiger partial charge in [0, 0.05) is 36.2 Å². The number of aliphatic hydroxyl groups excluding tert-OH is 1. The van der Waals surface area contributed by atoms with E-state index < -0.39 is 30.6 Å². The number of amides is 1.